The number of benzene rings is 1. The van der Waals surface area contributed by atoms with Gasteiger partial charge >= 0.3 is 0 Å². The first-order valence-electron chi connectivity index (χ1n) is 12.6. The number of amides is 1. The molecule has 0 unspecified atom stereocenters. The van der Waals surface area contributed by atoms with E-state index < -0.39 is 0 Å². The fourth-order valence-corrected chi connectivity index (χ4v) is 6.35. The number of rotatable bonds is 5. The minimum Gasteiger partial charge on any atom is -0.318 e. The van der Waals surface area contributed by atoms with E-state index in [0.717, 1.165) is 46.4 Å². The van der Waals surface area contributed by atoms with Crippen LogP contribution in [0.4, 0.5) is 0 Å². The Morgan fingerprint density at radius 3 is 2.63 bits per heavy atom. The lowest BCUT2D eigenvalue weighted by atomic mass is 9.86. The summed E-state index contributed by atoms with van der Waals surface area (Å²) in [4.78, 5) is 17.2. The molecule has 0 spiro atoms. The van der Waals surface area contributed by atoms with Gasteiger partial charge in [-0.1, -0.05) is 49.8 Å². The number of fused-ring (bicyclic) bond motifs is 1. The van der Waals surface area contributed by atoms with Gasteiger partial charge in [0.05, 0.1) is 5.57 Å². The van der Waals surface area contributed by atoms with Gasteiger partial charge in [0.1, 0.15) is 5.04 Å². The van der Waals surface area contributed by atoms with Gasteiger partial charge in [-0.2, -0.15) is 15.1 Å². The van der Waals surface area contributed by atoms with E-state index in [1.54, 1.807) is 6.08 Å². The molecule has 2 aliphatic heterocycles. The van der Waals surface area contributed by atoms with Crippen LogP contribution in [0, 0.1) is 39.0 Å². The molecule has 1 amide bonds. The van der Waals surface area contributed by atoms with Crippen molar-refractivity contribution in [2.45, 2.75) is 72.6 Å². The molecule has 182 valence electrons. The van der Waals surface area contributed by atoms with Crippen LogP contribution in [-0.2, 0) is 4.79 Å². The van der Waals surface area contributed by atoms with Gasteiger partial charge in [-0.3, -0.25) is 10.2 Å². The summed E-state index contributed by atoms with van der Waals surface area (Å²) in [6.07, 6.45) is 10.5. The van der Waals surface area contributed by atoms with Crippen molar-refractivity contribution in [3.8, 4) is 5.69 Å². The number of amidine groups is 2. The molecule has 0 saturated heterocycles. The number of hydrazone groups is 1. The fraction of sp³-hybridized carbons (Fsp3) is 0.429. The second-order valence-corrected chi connectivity index (χ2v) is 11.0. The quantitative estimate of drug-likeness (QED) is 0.477. The van der Waals surface area contributed by atoms with E-state index in [0.29, 0.717) is 5.17 Å². The van der Waals surface area contributed by atoms with Crippen molar-refractivity contribution in [1.29, 1.82) is 5.41 Å². The average molecular weight is 488 g/mol. The van der Waals surface area contributed by atoms with Crippen LogP contribution in [0.3, 0.4) is 0 Å². The molecule has 1 aromatic heterocycles. The van der Waals surface area contributed by atoms with Gasteiger partial charge in [-0.05, 0) is 87.6 Å². The Labute approximate surface area is 211 Å². The molecule has 1 fully saturated rings. The summed E-state index contributed by atoms with van der Waals surface area (Å²) in [5.74, 6) is 0.515. The van der Waals surface area contributed by atoms with Crippen molar-refractivity contribution >= 4 is 39.8 Å². The Morgan fingerprint density at radius 1 is 1.11 bits per heavy atom. The number of aromatic nitrogens is 1. The maximum Gasteiger partial charge on any atom is 0.283 e. The summed E-state index contributed by atoms with van der Waals surface area (Å²) in [7, 11) is 0. The summed E-state index contributed by atoms with van der Waals surface area (Å²) < 4.78 is 2.21. The van der Waals surface area contributed by atoms with Crippen LogP contribution in [-0.4, -0.2) is 31.5 Å². The second-order valence-electron chi connectivity index (χ2n) is 10.0. The van der Waals surface area contributed by atoms with E-state index in [1.807, 2.05) is 0 Å². The maximum atomic E-state index is 12.9. The number of nitrogens with zero attached hydrogens (tertiary/aromatic N) is 4. The Bertz CT molecular complexity index is 1290. The number of nitrogens with one attached hydrogen (secondary N) is 1. The highest BCUT2D eigenvalue weighted by molar-refractivity contribution is 8.26. The molecule has 6 nitrogen and oxygen atoms in total. The number of hydrogen-bond acceptors (Lipinski definition) is 4. The molecular formula is C28H33N5OS. The van der Waals surface area contributed by atoms with E-state index in [9.17, 15) is 4.79 Å². The van der Waals surface area contributed by atoms with Crippen molar-refractivity contribution in [2.75, 3.05) is 0 Å². The molecule has 5 rings (SSSR count). The van der Waals surface area contributed by atoms with Crippen LogP contribution in [0.5, 0.6) is 0 Å². The zero-order valence-electron chi connectivity index (χ0n) is 21.0. The van der Waals surface area contributed by atoms with E-state index in [1.165, 1.54) is 60.0 Å². The predicted octanol–water partition coefficient (Wildman–Crippen LogP) is 6.69. The lowest BCUT2D eigenvalue weighted by Gasteiger charge is -2.20. The normalized spacial score (nSPS) is 19.9. The number of thioether (sulfide) groups is 1. The lowest BCUT2D eigenvalue weighted by molar-refractivity contribution is -0.114. The summed E-state index contributed by atoms with van der Waals surface area (Å²) >= 11 is 1.44. The van der Waals surface area contributed by atoms with Crippen molar-refractivity contribution in [3.63, 3.8) is 0 Å². The minimum atomic E-state index is -0.367. The van der Waals surface area contributed by atoms with Gasteiger partial charge < -0.3 is 4.57 Å². The van der Waals surface area contributed by atoms with Crippen LogP contribution >= 0.6 is 11.8 Å². The molecular weight excluding hydrogens is 454 g/mol. The van der Waals surface area contributed by atoms with Crippen LogP contribution in [0.2, 0.25) is 0 Å². The molecule has 2 aromatic rings. The molecule has 3 aliphatic rings. The van der Waals surface area contributed by atoms with Crippen molar-refractivity contribution in [3.05, 3.63) is 57.9 Å². The van der Waals surface area contributed by atoms with Gasteiger partial charge in [0.2, 0.25) is 5.17 Å². The van der Waals surface area contributed by atoms with E-state index >= 15 is 0 Å². The molecule has 1 N–H and O–H groups in total. The van der Waals surface area contributed by atoms with Gasteiger partial charge in [-0.25, -0.2) is 0 Å². The third-order valence-electron chi connectivity index (χ3n) is 7.35. The molecule has 35 heavy (non-hydrogen) atoms. The summed E-state index contributed by atoms with van der Waals surface area (Å²) in [6, 6.07) is 8.50. The summed E-state index contributed by atoms with van der Waals surface area (Å²) in [5, 5.41) is 16.4. The first kappa shape index (κ1) is 23.8. The van der Waals surface area contributed by atoms with Gasteiger partial charge in [0.25, 0.3) is 5.91 Å². The Morgan fingerprint density at radius 2 is 1.89 bits per heavy atom. The first-order valence-corrected chi connectivity index (χ1v) is 13.4. The van der Waals surface area contributed by atoms with Gasteiger partial charge in [0, 0.05) is 17.1 Å². The maximum absolute atomic E-state index is 12.9. The zero-order valence-corrected chi connectivity index (χ0v) is 21.8. The Balaban J connectivity index is 1.39. The van der Waals surface area contributed by atoms with Gasteiger partial charge in [0.15, 0.2) is 5.84 Å². The van der Waals surface area contributed by atoms with E-state index in [-0.39, 0.29) is 17.3 Å². The molecule has 1 aliphatic carbocycles. The lowest BCUT2D eigenvalue weighted by Crippen LogP contribution is -2.35. The zero-order chi connectivity index (χ0) is 24.7. The van der Waals surface area contributed by atoms with Crippen molar-refractivity contribution in [2.24, 2.45) is 16.0 Å². The predicted molar refractivity (Wildman–Crippen MR) is 146 cm³/mol. The molecule has 0 atom stereocenters. The average Bonchev–Trinajstić information content (AvgIpc) is 3.36. The van der Waals surface area contributed by atoms with Gasteiger partial charge in [-0.15, -0.1) is 0 Å². The minimum absolute atomic E-state index is 0.108. The smallest absolute Gasteiger partial charge is 0.283 e. The number of aliphatic imine (C=N–C) groups is 1. The summed E-state index contributed by atoms with van der Waals surface area (Å²) in [6.45, 7) is 8.33. The number of carbonyl (C=O) groups excluding carboxylic acids is 1. The third-order valence-corrected chi connectivity index (χ3v) is 8.32. The highest BCUT2D eigenvalue weighted by Crippen LogP contribution is 2.34. The fourth-order valence-electron chi connectivity index (χ4n) is 5.45. The monoisotopic (exact) mass is 487 g/mol. The second kappa shape index (κ2) is 9.61. The molecule has 0 radical (unpaired) electrons. The molecule has 1 saturated carbocycles. The number of aryl methyl sites for hydroxylation is 3. The highest BCUT2D eigenvalue weighted by Gasteiger charge is 2.36. The van der Waals surface area contributed by atoms with Crippen molar-refractivity contribution < 1.29 is 4.79 Å². The molecule has 7 heteroatoms. The van der Waals surface area contributed by atoms with Crippen LogP contribution in [0.1, 0.15) is 73.0 Å². The topological polar surface area (TPSA) is 73.8 Å². The van der Waals surface area contributed by atoms with Crippen LogP contribution in [0.15, 0.2) is 39.9 Å². The van der Waals surface area contributed by atoms with Crippen LogP contribution in [0.25, 0.3) is 11.8 Å². The highest BCUT2D eigenvalue weighted by atomic mass is 32.2. The standard InChI is InChI=1S/C28H33N5OS/c1-17-10-12-24(18(2)14-17)32-19(3)15-22(20(32)4)16-23-26(29)33-28(30-27(23)34)35-25(31-33)13-11-21-8-6-5-7-9-21/h10,12,14-16,21,29H,5-9,11,13H2,1-4H3. The number of carbonyl (C=O) groups is 1. The third kappa shape index (κ3) is 4.66. The van der Waals surface area contributed by atoms with Crippen molar-refractivity contribution in [1.82, 2.24) is 9.58 Å². The molecule has 3 heterocycles. The molecule has 0 bridgehead atoms. The first-order chi connectivity index (χ1) is 16.8. The van der Waals surface area contributed by atoms with E-state index in [4.69, 9.17) is 5.41 Å². The largest absolute Gasteiger partial charge is 0.318 e. The Hall–Kier alpha value is -2.93. The summed E-state index contributed by atoms with van der Waals surface area (Å²) in [5.41, 5.74) is 6.88. The Kier molecular flexibility index (Phi) is 6.53. The van der Waals surface area contributed by atoms with Crippen LogP contribution < -0.4 is 0 Å². The molecule has 1 aromatic carbocycles. The SMILES string of the molecule is Cc1ccc(-n2c(C)cc(C=C3C(=N)N4N=C(CCC5CCCCC5)SC4=NC3=O)c2C)c(C)c1. The number of hydrogen-bond donors (Lipinski definition) is 1. The van der Waals surface area contributed by atoms with E-state index in [2.05, 4.69) is 66.6 Å².